The Morgan fingerprint density at radius 3 is 2.56 bits per heavy atom. The zero-order valence-corrected chi connectivity index (χ0v) is 11.7. The molecule has 18 heavy (non-hydrogen) atoms. The van der Waals surface area contributed by atoms with Crippen LogP contribution in [0.5, 0.6) is 5.75 Å². The molecule has 0 aliphatic rings. The summed E-state index contributed by atoms with van der Waals surface area (Å²) >= 11 is 5.78. The molecule has 3 nitrogen and oxygen atoms in total. The molecule has 1 rings (SSSR count). The van der Waals surface area contributed by atoms with Gasteiger partial charge in [0, 0.05) is 25.0 Å². The molecule has 0 aliphatic carbocycles. The molecule has 0 unspecified atom stereocenters. The van der Waals surface area contributed by atoms with Crippen molar-refractivity contribution in [2.45, 2.75) is 26.2 Å². The molecule has 100 valence electrons. The van der Waals surface area contributed by atoms with Gasteiger partial charge in [0.1, 0.15) is 5.75 Å². The van der Waals surface area contributed by atoms with Crippen LogP contribution in [0.3, 0.4) is 0 Å². The Balaban J connectivity index is 2.12. The normalized spacial score (nSPS) is 10.2. The largest absolute Gasteiger partial charge is 0.494 e. The lowest BCUT2D eigenvalue weighted by Gasteiger charge is -2.15. The molecular formula is C14H20ClNO2. The summed E-state index contributed by atoms with van der Waals surface area (Å²) in [5.41, 5.74) is 0. The Labute approximate surface area is 114 Å². The zero-order valence-electron chi connectivity index (χ0n) is 11.0. The summed E-state index contributed by atoms with van der Waals surface area (Å²) in [5, 5.41) is 0.710. The van der Waals surface area contributed by atoms with E-state index in [4.69, 9.17) is 16.3 Å². The van der Waals surface area contributed by atoms with Crippen molar-refractivity contribution in [3.05, 3.63) is 29.3 Å². The van der Waals surface area contributed by atoms with Gasteiger partial charge in [0.25, 0.3) is 0 Å². The summed E-state index contributed by atoms with van der Waals surface area (Å²) in [6.45, 7) is 3.33. The molecule has 1 aromatic rings. The third kappa shape index (κ3) is 5.41. The van der Waals surface area contributed by atoms with Crippen LogP contribution in [-0.4, -0.2) is 31.0 Å². The first-order valence-electron chi connectivity index (χ1n) is 6.25. The number of amides is 1. The Morgan fingerprint density at radius 1 is 1.28 bits per heavy atom. The van der Waals surface area contributed by atoms with Crippen molar-refractivity contribution in [1.82, 2.24) is 4.90 Å². The van der Waals surface area contributed by atoms with Crippen LogP contribution in [0.2, 0.25) is 5.02 Å². The van der Waals surface area contributed by atoms with Crippen molar-refractivity contribution in [2.24, 2.45) is 0 Å². The maximum Gasteiger partial charge on any atom is 0.222 e. The molecule has 0 spiro atoms. The smallest absolute Gasteiger partial charge is 0.222 e. The third-order valence-corrected chi connectivity index (χ3v) is 2.95. The van der Waals surface area contributed by atoms with E-state index in [2.05, 4.69) is 0 Å². The van der Waals surface area contributed by atoms with Crippen molar-refractivity contribution in [3.8, 4) is 5.75 Å². The average molecular weight is 270 g/mol. The van der Waals surface area contributed by atoms with Gasteiger partial charge in [0.15, 0.2) is 0 Å². The summed E-state index contributed by atoms with van der Waals surface area (Å²) in [4.78, 5) is 13.1. The van der Waals surface area contributed by atoms with E-state index in [9.17, 15) is 4.79 Å². The van der Waals surface area contributed by atoms with E-state index >= 15 is 0 Å². The lowest BCUT2D eigenvalue weighted by atomic mass is 10.3. The van der Waals surface area contributed by atoms with Crippen molar-refractivity contribution in [2.75, 3.05) is 20.2 Å². The number of rotatable bonds is 7. The third-order valence-electron chi connectivity index (χ3n) is 2.70. The quantitative estimate of drug-likeness (QED) is 0.711. The highest BCUT2D eigenvalue weighted by atomic mass is 35.5. The van der Waals surface area contributed by atoms with E-state index < -0.39 is 0 Å². The number of ether oxygens (including phenoxy) is 1. The van der Waals surface area contributed by atoms with Gasteiger partial charge >= 0.3 is 0 Å². The van der Waals surface area contributed by atoms with E-state index in [0.29, 0.717) is 18.1 Å². The molecule has 4 heteroatoms. The van der Waals surface area contributed by atoms with Crippen LogP contribution in [0.1, 0.15) is 26.2 Å². The average Bonchev–Trinajstić information content (AvgIpc) is 2.39. The lowest BCUT2D eigenvalue weighted by molar-refractivity contribution is -0.129. The molecular weight excluding hydrogens is 250 g/mol. The van der Waals surface area contributed by atoms with Gasteiger partial charge in [-0.15, -0.1) is 0 Å². The van der Waals surface area contributed by atoms with Gasteiger partial charge in [-0.25, -0.2) is 0 Å². The van der Waals surface area contributed by atoms with Gasteiger partial charge in [0.2, 0.25) is 5.91 Å². The number of nitrogens with zero attached hydrogens (tertiary/aromatic N) is 1. The number of hydrogen-bond donors (Lipinski definition) is 0. The zero-order chi connectivity index (χ0) is 13.4. The van der Waals surface area contributed by atoms with Crippen LogP contribution in [0.15, 0.2) is 24.3 Å². The van der Waals surface area contributed by atoms with Gasteiger partial charge < -0.3 is 9.64 Å². The highest BCUT2D eigenvalue weighted by molar-refractivity contribution is 6.30. The first kappa shape index (κ1) is 14.8. The maximum atomic E-state index is 11.3. The monoisotopic (exact) mass is 269 g/mol. The number of carbonyl (C=O) groups excluding carboxylic acids is 1. The number of halogens is 1. The fourth-order valence-electron chi connectivity index (χ4n) is 1.57. The van der Waals surface area contributed by atoms with E-state index in [-0.39, 0.29) is 5.91 Å². The van der Waals surface area contributed by atoms with Gasteiger partial charge in [-0.3, -0.25) is 4.79 Å². The molecule has 0 heterocycles. The summed E-state index contributed by atoms with van der Waals surface area (Å²) in [6, 6.07) is 7.33. The predicted octanol–water partition coefficient (Wildman–Crippen LogP) is 3.37. The standard InChI is InChI=1S/C14H20ClNO2/c1-3-14(17)16(2)10-4-5-11-18-13-8-6-12(15)7-9-13/h6-9H,3-5,10-11H2,1-2H3. The van der Waals surface area contributed by atoms with Gasteiger partial charge in [-0.05, 0) is 37.1 Å². The summed E-state index contributed by atoms with van der Waals surface area (Å²) in [5.74, 6) is 1.02. The molecule has 1 amide bonds. The highest BCUT2D eigenvalue weighted by Crippen LogP contribution is 2.15. The molecule has 0 atom stereocenters. The lowest BCUT2D eigenvalue weighted by Crippen LogP contribution is -2.26. The first-order chi connectivity index (χ1) is 8.63. The molecule has 0 saturated carbocycles. The SMILES string of the molecule is CCC(=O)N(C)CCCCOc1ccc(Cl)cc1. The highest BCUT2D eigenvalue weighted by Gasteiger charge is 2.04. The van der Waals surface area contributed by atoms with Gasteiger partial charge in [-0.2, -0.15) is 0 Å². The van der Waals surface area contributed by atoms with Crippen LogP contribution >= 0.6 is 11.6 Å². The van der Waals surface area contributed by atoms with E-state index in [1.165, 1.54) is 0 Å². The maximum absolute atomic E-state index is 11.3. The Hall–Kier alpha value is -1.22. The van der Waals surface area contributed by atoms with E-state index in [1.54, 1.807) is 4.90 Å². The Morgan fingerprint density at radius 2 is 1.94 bits per heavy atom. The van der Waals surface area contributed by atoms with Gasteiger partial charge in [0.05, 0.1) is 6.61 Å². The minimum atomic E-state index is 0.189. The molecule has 0 aromatic heterocycles. The second-order valence-electron chi connectivity index (χ2n) is 4.18. The number of carbonyl (C=O) groups is 1. The summed E-state index contributed by atoms with van der Waals surface area (Å²) in [6.07, 6.45) is 2.46. The molecule has 0 N–H and O–H groups in total. The van der Waals surface area contributed by atoms with E-state index in [0.717, 1.165) is 25.1 Å². The fraction of sp³-hybridized carbons (Fsp3) is 0.500. The molecule has 0 aliphatic heterocycles. The second-order valence-corrected chi connectivity index (χ2v) is 4.61. The minimum absolute atomic E-state index is 0.189. The molecule has 0 fully saturated rings. The minimum Gasteiger partial charge on any atom is -0.494 e. The van der Waals surface area contributed by atoms with Crippen LogP contribution in [-0.2, 0) is 4.79 Å². The van der Waals surface area contributed by atoms with Crippen molar-refractivity contribution >= 4 is 17.5 Å². The topological polar surface area (TPSA) is 29.5 Å². The first-order valence-corrected chi connectivity index (χ1v) is 6.63. The molecule has 1 aromatic carbocycles. The predicted molar refractivity (Wildman–Crippen MR) is 74.1 cm³/mol. The number of benzene rings is 1. The van der Waals surface area contributed by atoms with Crippen molar-refractivity contribution < 1.29 is 9.53 Å². The summed E-state index contributed by atoms with van der Waals surface area (Å²) in [7, 11) is 1.84. The Kier molecular flexibility index (Phi) is 6.58. The molecule has 0 radical (unpaired) electrons. The van der Waals surface area contributed by atoms with Crippen molar-refractivity contribution in [3.63, 3.8) is 0 Å². The van der Waals surface area contributed by atoms with Crippen molar-refractivity contribution in [1.29, 1.82) is 0 Å². The number of hydrogen-bond acceptors (Lipinski definition) is 2. The Bertz CT molecular complexity index is 365. The molecule has 0 bridgehead atoms. The number of unbranched alkanes of at least 4 members (excludes halogenated alkanes) is 1. The summed E-state index contributed by atoms with van der Waals surface area (Å²) < 4.78 is 5.57. The second kappa shape index (κ2) is 7.98. The van der Waals surface area contributed by atoms with Gasteiger partial charge in [-0.1, -0.05) is 18.5 Å². The van der Waals surface area contributed by atoms with Crippen LogP contribution < -0.4 is 4.74 Å². The van der Waals surface area contributed by atoms with E-state index in [1.807, 2.05) is 38.2 Å². The van der Waals surface area contributed by atoms with Crippen LogP contribution in [0.4, 0.5) is 0 Å². The fourth-order valence-corrected chi connectivity index (χ4v) is 1.69. The van der Waals surface area contributed by atoms with Crippen LogP contribution in [0.25, 0.3) is 0 Å². The molecule has 0 saturated heterocycles. The van der Waals surface area contributed by atoms with Crippen LogP contribution in [0, 0.1) is 0 Å².